The number of nitro benzene ring substituents is 1. The van der Waals surface area contributed by atoms with Gasteiger partial charge in [-0.15, -0.1) is 11.3 Å². The summed E-state index contributed by atoms with van der Waals surface area (Å²) in [6, 6.07) is 6.99. The van der Waals surface area contributed by atoms with Crippen LogP contribution >= 0.6 is 11.3 Å². The number of benzene rings is 2. The van der Waals surface area contributed by atoms with Crippen molar-refractivity contribution in [2.45, 2.75) is 0 Å². The lowest BCUT2D eigenvalue weighted by Gasteiger charge is -2.06. The minimum atomic E-state index is -1.38. The number of nitro groups is 1. The summed E-state index contributed by atoms with van der Waals surface area (Å²) in [5.41, 5.74) is -1.22. The van der Waals surface area contributed by atoms with Crippen LogP contribution in [0.2, 0.25) is 0 Å². The van der Waals surface area contributed by atoms with E-state index >= 15 is 0 Å². The van der Waals surface area contributed by atoms with Gasteiger partial charge in [-0.1, -0.05) is 0 Å². The van der Waals surface area contributed by atoms with E-state index in [0.717, 1.165) is 17.4 Å². The summed E-state index contributed by atoms with van der Waals surface area (Å²) < 4.78 is 5.94. The van der Waals surface area contributed by atoms with E-state index in [1.165, 1.54) is 19.2 Å². The Bertz CT molecular complexity index is 1040. The summed E-state index contributed by atoms with van der Waals surface area (Å²) in [5.74, 6) is -0.912. The highest BCUT2D eigenvalue weighted by molar-refractivity contribution is 7.24. The van der Waals surface area contributed by atoms with Gasteiger partial charge in [-0.2, -0.15) is 0 Å². The molecular weight excluding hydrogens is 322 g/mol. The Hall–Kier alpha value is -3.00. The Balaban J connectivity index is 2.52. The first kappa shape index (κ1) is 14.9. The van der Waals surface area contributed by atoms with Crippen LogP contribution < -0.4 is 10.2 Å². The lowest BCUT2D eigenvalue weighted by Crippen LogP contribution is -2.09. The van der Waals surface area contributed by atoms with Crippen molar-refractivity contribution in [3.8, 4) is 5.75 Å². The number of carboxylic acid groups (broad SMARTS) is 1. The Morgan fingerprint density at radius 2 is 2.00 bits per heavy atom. The highest BCUT2D eigenvalue weighted by Crippen LogP contribution is 2.31. The van der Waals surface area contributed by atoms with Crippen molar-refractivity contribution in [2.24, 2.45) is 0 Å². The van der Waals surface area contributed by atoms with Crippen LogP contribution in [-0.2, 0) is 0 Å². The molecule has 1 N–H and O–H groups in total. The smallest absolute Gasteiger partial charge is 0.336 e. The van der Waals surface area contributed by atoms with Gasteiger partial charge in [0.25, 0.3) is 5.69 Å². The molecule has 0 aliphatic heterocycles. The number of non-ortho nitro benzene ring substituents is 1. The zero-order valence-electron chi connectivity index (χ0n) is 11.7. The molecule has 0 spiro atoms. The van der Waals surface area contributed by atoms with Crippen molar-refractivity contribution in [1.82, 2.24) is 0 Å². The van der Waals surface area contributed by atoms with Gasteiger partial charge in [-0.25, -0.2) is 4.79 Å². The van der Waals surface area contributed by atoms with Crippen molar-refractivity contribution >= 4 is 43.2 Å². The van der Waals surface area contributed by atoms with Crippen molar-refractivity contribution in [3.05, 3.63) is 56.2 Å². The second-order valence-corrected chi connectivity index (χ2v) is 5.81. The minimum absolute atomic E-state index is 0.0335. The van der Waals surface area contributed by atoms with Crippen LogP contribution in [-0.4, -0.2) is 23.1 Å². The van der Waals surface area contributed by atoms with Crippen molar-refractivity contribution in [1.29, 1.82) is 0 Å². The van der Waals surface area contributed by atoms with Crippen LogP contribution in [0.25, 0.3) is 20.2 Å². The maximum atomic E-state index is 12.7. The van der Waals surface area contributed by atoms with Crippen molar-refractivity contribution < 1.29 is 19.6 Å². The molecular formula is C15H9NO6S. The van der Waals surface area contributed by atoms with Gasteiger partial charge in [0.05, 0.1) is 23.0 Å². The first-order valence-corrected chi connectivity index (χ1v) is 7.20. The molecule has 0 saturated carbocycles. The van der Waals surface area contributed by atoms with E-state index in [0.29, 0.717) is 15.8 Å². The molecule has 0 unspecified atom stereocenters. The van der Waals surface area contributed by atoms with Gasteiger partial charge >= 0.3 is 5.97 Å². The third-order valence-electron chi connectivity index (χ3n) is 3.41. The highest BCUT2D eigenvalue weighted by Gasteiger charge is 2.20. The third-order valence-corrected chi connectivity index (χ3v) is 4.52. The molecule has 0 radical (unpaired) electrons. The number of ether oxygens (including phenoxy) is 1. The normalized spacial score (nSPS) is 10.8. The molecule has 3 rings (SSSR count). The molecule has 0 atom stereocenters. The second kappa shape index (κ2) is 5.33. The van der Waals surface area contributed by atoms with Gasteiger partial charge in [0, 0.05) is 26.9 Å². The molecule has 1 heterocycles. The van der Waals surface area contributed by atoms with Gasteiger partial charge in [0.2, 0.25) is 0 Å². The molecule has 1 aromatic heterocycles. The molecule has 23 heavy (non-hydrogen) atoms. The molecule has 8 heteroatoms. The van der Waals surface area contributed by atoms with E-state index in [2.05, 4.69) is 0 Å². The van der Waals surface area contributed by atoms with E-state index in [-0.39, 0.29) is 21.3 Å². The molecule has 116 valence electrons. The fourth-order valence-electron chi connectivity index (χ4n) is 2.35. The summed E-state index contributed by atoms with van der Waals surface area (Å²) >= 11 is 1.12. The number of rotatable bonds is 3. The lowest BCUT2D eigenvalue weighted by molar-refractivity contribution is -0.384. The summed E-state index contributed by atoms with van der Waals surface area (Å²) in [6.45, 7) is 0. The van der Waals surface area contributed by atoms with Crippen LogP contribution in [0.4, 0.5) is 5.69 Å². The largest absolute Gasteiger partial charge is 0.497 e. The Morgan fingerprint density at radius 3 is 2.61 bits per heavy atom. The number of aromatic carboxylic acids is 1. The SMILES string of the molecule is COc1ccc2sc3cc([N+](=O)[O-])cc(C(=O)O)c3c(=O)c2c1. The summed E-state index contributed by atoms with van der Waals surface area (Å²) in [4.78, 5) is 34.4. The lowest BCUT2D eigenvalue weighted by atomic mass is 10.1. The van der Waals surface area contributed by atoms with Gasteiger partial charge in [0.1, 0.15) is 5.75 Å². The fraction of sp³-hybridized carbons (Fsp3) is 0.0667. The number of carboxylic acids is 1. The maximum absolute atomic E-state index is 12.7. The standard InChI is InChI=1S/C15H9NO6S/c1-22-8-2-3-11-9(6-8)14(17)13-10(15(18)19)4-7(16(20)21)5-12(13)23-11/h2-6H,1H3,(H,18,19). The average molecular weight is 331 g/mol. The van der Waals surface area contributed by atoms with Crippen LogP contribution in [0.3, 0.4) is 0 Å². The number of nitrogens with zero attached hydrogens (tertiary/aromatic N) is 1. The zero-order valence-corrected chi connectivity index (χ0v) is 12.5. The monoisotopic (exact) mass is 331 g/mol. The van der Waals surface area contributed by atoms with Crippen LogP contribution in [0.15, 0.2) is 35.1 Å². The summed E-state index contributed by atoms with van der Waals surface area (Å²) in [5, 5.41) is 20.6. The predicted molar refractivity (Wildman–Crippen MR) is 85.8 cm³/mol. The number of methoxy groups -OCH3 is 1. The van der Waals surface area contributed by atoms with Crippen LogP contribution in [0.5, 0.6) is 5.75 Å². The van der Waals surface area contributed by atoms with E-state index in [1.54, 1.807) is 12.1 Å². The number of hydrogen-bond donors (Lipinski definition) is 1. The molecule has 2 aromatic carbocycles. The zero-order chi connectivity index (χ0) is 16.7. The quantitative estimate of drug-likeness (QED) is 0.449. The molecule has 3 aromatic rings. The topological polar surface area (TPSA) is 107 Å². The van der Waals surface area contributed by atoms with Crippen molar-refractivity contribution in [2.75, 3.05) is 7.11 Å². The van der Waals surface area contributed by atoms with Gasteiger partial charge in [-0.05, 0) is 18.2 Å². The second-order valence-electron chi connectivity index (χ2n) is 4.72. The molecule has 7 nitrogen and oxygen atoms in total. The van der Waals surface area contributed by atoms with E-state index < -0.39 is 16.3 Å². The summed E-state index contributed by atoms with van der Waals surface area (Å²) in [6.07, 6.45) is 0. The first-order valence-electron chi connectivity index (χ1n) is 6.38. The average Bonchev–Trinajstić information content (AvgIpc) is 2.53. The van der Waals surface area contributed by atoms with Crippen molar-refractivity contribution in [3.63, 3.8) is 0 Å². The van der Waals surface area contributed by atoms with E-state index in [4.69, 9.17) is 4.74 Å². The molecule has 0 bridgehead atoms. The summed E-state index contributed by atoms with van der Waals surface area (Å²) in [7, 11) is 1.46. The highest BCUT2D eigenvalue weighted by atomic mass is 32.1. The van der Waals surface area contributed by atoms with Gasteiger partial charge in [-0.3, -0.25) is 14.9 Å². The number of carbonyl (C=O) groups is 1. The Kier molecular flexibility index (Phi) is 3.45. The van der Waals surface area contributed by atoms with Crippen LogP contribution in [0.1, 0.15) is 10.4 Å². The van der Waals surface area contributed by atoms with Crippen LogP contribution in [0, 0.1) is 10.1 Å². The molecule has 0 saturated heterocycles. The predicted octanol–water partition coefficient (Wildman–Crippen LogP) is 3.03. The molecule has 0 fully saturated rings. The number of hydrogen-bond acceptors (Lipinski definition) is 6. The maximum Gasteiger partial charge on any atom is 0.336 e. The molecule has 0 amide bonds. The van der Waals surface area contributed by atoms with Gasteiger partial charge in [0.15, 0.2) is 5.43 Å². The van der Waals surface area contributed by atoms with Gasteiger partial charge < -0.3 is 9.84 Å². The molecule has 0 aliphatic rings. The first-order chi connectivity index (χ1) is 10.9. The van der Waals surface area contributed by atoms with E-state index in [1.807, 2.05) is 0 Å². The van der Waals surface area contributed by atoms with E-state index in [9.17, 15) is 24.8 Å². The third kappa shape index (κ3) is 2.38. The number of fused-ring (bicyclic) bond motifs is 2. The fourth-order valence-corrected chi connectivity index (χ4v) is 3.46. The Morgan fingerprint density at radius 1 is 1.26 bits per heavy atom. The minimum Gasteiger partial charge on any atom is -0.497 e. The molecule has 0 aliphatic carbocycles. The Labute approximate surface area is 132 Å².